The van der Waals surface area contributed by atoms with Gasteiger partial charge in [-0.05, 0) is 19.8 Å². The summed E-state index contributed by atoms with van der Waals surface area (Å²) in [6.45, 7) is 0.878. The molecule has 3 atom stereocenters. The van der Waals surface area contributed by atoms with Gasteiger partial charge in [0.15, 0.2) is 18.1 Å². The van der Waals surface area contributed by atoms with Crippen LogP contribution in [0.3, 0.4) is 0 Å². The molecule has 37 heavy (non-hydrogen) atoms. The maximum atomic E-state index is 15.0. The third kappa shape index (κ3) is 5.57. The van der Waals surface area contributed by atoms with E-state index in [-0.39, 0.29) is 46.6 Å². The number of hydrogen-bond donors (Lipinski definition) is 3. The topological polar surface area (TPSA) is 151 Å². The summed E-state index contributed by atoms with van der Waals surface area (Å²) in [5.41, 5.74) is -0.0265. The Labute approximate surface area is 205 Å². The predicted molar refractivity (Wildman–Crippen MR) is 115 cm³/mol. The first kappa shape index (κ1) is 24.7. The Kier molecular flexibility index (Phi) is 6.12. The molecule has 0 spiro atoms. The number of carbonyl (C=O) groups excluding carboxylic acids is 1. The number of imidazole rings is 1. The molecule has 2 aliphatic rings. The zero-order valence-electron chi connectivity index (χ0n) is 19.2. The van der Waals surface area contributed by atoms with Crippen molar-refractivity contribution in [1.29, 1.82) is 5.26 Å². The van der Waals surface area contributed by atoms with Gasteiger partial charge >= 0.3 is 12.5 Å². The Morgan fingerprint density at radius 1 is 1.38 bits per heavy atom. The van der Waals surface area contributed by atoms with Crippen LogP contribution in [0.5, 0.6) is 0 Å². The maximum absolute atomic E-state index is 15.0. The van der Waals surface area contributed by atoms with E-state index >= 15 is 0 Å². The molecule has 1 saturated carbocycles. The normalized spacial score (nSPS) is 22.5. The van der Waals surface area contributed by atoms with Crippen LogP contribution in [-0.2, 0) is 20.8 Å². The molecule has 3 N–H and O–H groups in total. The van der Waals surface area contributed by atoms with Crippen LogP contribution in [-0.4, -0.2) is 61.4 Å². The van der Waals surface area contributed by atoms with Crippen LogP contribution in [0.25, 0.3) is 5.65 Å². The number of halogens is 4. The van der Waals surface area contributed by atoms with E-state index in [1.54, 1.807) is 0 Å². The molecular weight excluding hydrogens is 504 g/mol. The molecule has 0 unspecified atom stereocenters. The summed E-state index contributed by atoms with van der Waals surface area (Å²) in [6, 6.07) is 4.57. The van der Waals surface area contributed by atoms with Gasteiger partial charge in [0.1, 0.15) is 23.5 Å². The van der Waals surface area contributed by atoms with E-state index in [4.69, 9.17) is 9.47 Å². The number of anilines is 2. The highest BCUT2D eigenvalue weighted by Gasteiger charge is 2.44. The van der Waals surface area contributed by atoms with Crippen LogP contribution in [0.15, 0.2) is 18.3 Å². The lowest BCUT2D eigenvalue weighted by Gasteiger charge is -2.17. The summed E-state index contributed by atoms with van der Waals surface area (Å²) in [6.07, 6.45) is -6.49. The van der Waals surface area contributed by atoms with Gasteiger partial charge in [-0.3, -0.25) is 14.2 Å². The van der Waals surface area contributed by atoms with Crippen LogP contribution in [0, 0.1) is 11.3 Å². The average Bonchev–Trinajstić information content (AvgIpc) is 3.19. The van der Waals surface area contributed by atoms with Crippen molar-refractivity contribution >= 4 is 23.5 Å². The number of aromatic amines is 1. The third-order valence-electron chi connectivity index (χ3n) is 5.89. The highest BCUT2D eigenvalue weighted by molar-refractivity contribution is 5.69. The number of nitrogens with zero attached hydrogens (tertiary/aromatic N) is 5. The molecular formula is C21H20F4N8O4. The smallest absolute Gasteiger partial charge is 0.441 e. The number of hydrogen-bond acceptors (Lipinski definition) is 9. The minimum atomic E-state index is -4.84. The van der Waals surface area contributed by atoms with E-state index < -0.39 is 37.4 Å². The molecule has 5 rings (SSSR count). The second-order valence-corrected chi connectivity index (χ2v) is 8.93. The first-order valence-electron chi connectivity index (χ1n) is 11.1. The number of ether oxygens (including phenoxy) is 3. The summed E-state index contributed by atoms with van der Waals surface area (Å²) < 4.78 is 68.0. The fourth-order valence-corrected chi connectivity index (χ4v) is 3.73. The number of carbonyl (C=O) groups is 1. The Balaban J connectivity index is 1.29. The van der Waals surface area contributed by atoms with E-state index in [1.165, 1.54) is 22.7 Å². The van der Waals surface area contributed by atoms with E-state index in [9.17, 15) is 27.6 Å². The van der Waals surface area contributed by atoms with Crippen molar-refractivity contribution < 1.29 is 36.6 Å². The van der Waals surface area contributed by atoms with Crippen molar-refractivity contribution in [3.8, 4) is 6.07 Å². The van der Waals surface area contributed by atoms with Crippen molar-refractivity contribution in [2.24, 2.45) is 0 Å². The van der Waals surface area contributed by atoms with Crippen LogP contribution >= 0.6 is 0 Å². The van der Waals surface area contributed by atoms with Gasteiger partial charge in [-0.2, -0.15) is 10.4 Å². The van der Waals surface area contributed by atoms with E-state index in [2.05, 4.69) is 35.5 Å². The minimum Gasteiger partial charge on any atom is -0.441 e. The number of aromatic nitrogens is 5. The van der Waals surface area contributed by atoms with E-state index in [0.29, 0.717) is 0 Å². The second kappa shape index (κ2) is 9.16. The zero-order chi connectivity index (χ0) is 26.4. The van der Waals surface area contributed by atoms with E-state index in [1.807, 2.05) is 13.0 Å². The quantitative estimate of drug-likeness (QED) is 0.396. The largest absolute Gasteiger partial charge is 0.522 e. The molecule has 16 heteroatoms. The molecule has 0 radical (unpaired) electrons. The van der Waals surface area contributed by atoms with E-state index in [0.717, 1.165) is 12.8 Å². The standard InChI is InChI=1S/C21H20F4N8O4/c1-20(2-3-20)30-19(34)37-13-9-35-17(16(13)22)12-5-14(32-31-12)29-18-28-10(6-26)4-15-27-11(7-33(15)18)8-36-21(23,24)25/h4-5,7,13,16-17H,2-3,8-9H2,1H3,(H,30,34)(H2,28,29,31,32)/t13-,16-,17-/m0/s1. The number of rotatable bonds is 7. The number of nitriles is 1. The molecule has 3 aromatic heterocycles. The molecule has 3 aromatic rings. The highest BCUT2D eigenvalue weighted by atomic mass is 19.4. The summed E-state index contributed by atoms with van der Waals surface area (Å²) in [4.78, 5) is 20.1. The third-order valence-corrected chi connectivity index (χ3v) is 5.89. The number of alkyl halides is 4. The molecule has 1 amide bonds. The fraction of sp³-hybridized carbons (Fsp3) is 0.476. The van der Waals surface area contributed by atoms with Gasteiger partial charge < -0.3 is 20.1 Å². The molecule has 0 bridgehead atoms. The summed E-state index contributed by atoms with van der Waals surface area (Å²) in [5.74, 6) is 0.175. The van der Waals surface area contributed by atoms with Crippen LogP contribution in [0.2, 0.25) is 0 Å². The van der Waals surface area contributed by atoms with Gasteiger partial charge in [0.05, 0.1) is 24.6 Å². The molecule has 2 fully saturated rings. The predicted octanol–water partition coefficient (Wildman–Crippen LogP) is 3.16. The fourth-order valence-electron chi connectivity index (χ4n) is 3.73. The number of nitrogens with one attached hydrogen (secondary N) is 3. The van der Waals surface area contributed by atoms with Crippen molar-refractivity contribution in [1.82, 2.24) is 29.9 Å². The minimum absolute atomic E-state index is 0.0217. The van der Waals surface area contributed by atoms with Crippen LogP contribution in [0.1, 0.15) is 43.0 Å². The summed E-state index contributed by atoms with van der Waals surface area (Å²) in [5, 5.41) is 21.5. The molecule has 1 aliphatic heterocycles. The number of fused-ring (bicyclic) bond motifs is 1. The Bertz CT molecular complexity index is 1360. The molecule has 196 valence electrons. The number of alkyl carbamates (subject to hydrolysis) is 1. The monoisotopic (exact) mass is 524 g/mol. The molecule has 1 saturated heterocycles. The van der Waals surface area contributed by atoms with Gasteiger partial charge in [-0.25, -0.2) is 19.2 Å². The van der Waals surface area contributed by atoms with Gasteiger partial charge in [-0.15, -0.1) is 13.2 Å². The van der Waals surface area contributed by atoms with Gasteiger partial charge in [0.2, 0.25) is 5.95 Å². The van der Waals surface area contributed by atoms with Crippen LogP contribution in [0.4, 0.5) is 34.1 Å². The first-order chi connectivity index (χ1) is 17.5. The SMILES string of the molecule is CC1(NC(=O)O[C@H]2CO[C@@H](c3cc(Nc4nc(C#N)cc5nc(COC(F)(F)F)cn45)n[nH]3)[C@H]2F)CC1. The second-order valence-electron chi connectivity index (χ2n) is 8.93. The van der Waals surface area contributed by atoms with Crippen molar-refractivity contribution in [3.05, 3.63) is 35.4 Å². The number of H-pyrrole nitrogens is 1. The first-order valence-corrected chi connectivity index (χ1v) is 11.1. The lowest BCUT2D eigenvalue weighted by molar-refractivity contribution is -0.330. The maximum Gasteiger partial charge on any atom is 0.522 e. The zero-order valence-corrected chi connectivity index (χ0v) is 19.2. The van der Waals surface area contributed by atoms with Crippen molar-refractivity contribution in [3.63, 3.8) is 0 Å². The van der Waals surface area contributed by atoms with Gasteiger partial charge in [0.25, 0.3) is 0 Å². The van der Waals surface area contributed by atoms with Crippen molar-refractivity contribution in [2.45, 2.75) is 56.7 Å². The highest BCUT2D eigenvalue weighted by Crippen LogP contribution is 2.36. The molecule has 1 aliphatic carbocycles. The lowest BCUT2D eigenvalue weighted by Crippen LogP contribution is -2.39. The summed E-state index contributed by atoms with van der Waals surface area (Å²) >= 11 is 0. The number of amides is 1. The lowest BCUT2D eigenvalue weighted by atomic mass is 10.1. The van der Waals surface area contributed by atoms with Gasteiger partial charge in [0, 0.05) is 23.9 Å². The Hall–Kier alpha value is -3.97. The van der Waals surface area contributed by atoms with Crippen molar-refractivity contribution in [2.75, 3.05) is 11.9 Å². The summed E-state index contributed by atoms with van der Waals surface area (Å²) in [7, 11) is 0. The Morgan fingerprint density at radius 2 is 2.16 bits per heavy atom. The Morgan fingerprint density at radius 3 is 2.86 bits per heavy atom. The average molecular weight is 524 g/mol. The molecule has 12 nitrogen and oxygen atoms in total. The molecule has 4 heterocycles. The van der Waals surface area contributed by atoms with Crippen LogP contribution < -0.4 is 10.6 Å². The molecule has 0 aromatic carbocycles. The van der Waals surface area contributed by atoms with Gasteiger partial charge in [-0.1, -0.05) is 0 Å².